The van der Waals surface area contributed by atoms with E-state index in [2.05, 4.69) is 0 Å². The number of carbonyl (C=O) groups is 1. The molecule has 1 unspecified atom stereocenters. The van der Waals surface area contributed by atoms with Crippen LogP contribution in [0.25, 0.3) is 0 Å². The van der Waals surface area contributed by atoms with Gasteiger partial charge >= 0.3 is 0 Å². The van der Waals surface area contributed by atoms with Crippen LogP contribution in [0.2, 0.25) is 0 Å². The topological polar surface area (TPSA) is 26.3 Å². The summed E-state index contributed by atoms with van der Waals surface area (Å²) in [6.07, 6.45) is 0.224. The largest absolute Gasteiger partial charge is 0.378 e. The van der Waals surface area contributed by atoms with Crippen LogP contribution in [-0.2, 0) is 9.53 Å². The molecule has 0 amide bonds. The van der Waals surface area contributed by atoms with E-state index in [1.807, 2.05) is 20.8 Å². The summed E-state index contributed by atoms with van der Waals surface area (Å²) in [5.41, 5.74) is 0. The summed E-state index contributed by atoms with van der Waals surface area (Å²) >= 11 is 0. The molecule has 0 fully saturated rings. The highest BCUT2D eigenvalue weighted by molar-refractivity contribution is 5.77. The molecule has 10 heavy (non-hydrogen) atoms. The Morgan fingerprint density at radius 2 is 1.90 bits per heavy atom. The number of ketones is 1. The third-order valence-corrected chi connectivity index (χ3v) is 1.37. The highest BCUT2D eigenvalue weighted by atomic mass is 16.5. The van der Waals surface area contributed by atoms with Gasteiger partial charge in [-0.05, 0) is 20.8 Å². The summed E-state index contributed by atoms with van der Waals surface area (Å²) in [6, 6.07) is 0. The molecule has 0 radical (unpaired) electrons. The monoisotopic (exact) mass is 144 g/mol. The maximum absolute atomic E-state index is 10.7. The molecule has 0 spiro atoms. The van der Waals surface area contributed by atoms with Crippen molar-refractivity contribution in [2.75, 3.05) is 6.61 Å². The van der Waals surface area contributed by atoms with Crippen molar-refractivity contribution in [1.29, 1.82) is 0 Å². The lowest BCUT2D eigenvalue weighted by molar-refractivity contribution is -0.122. The molecule has 2 nitrogen and oxygen atoms in total. The van der Waals surface area contributed by atoms with Gasteiger partial charge in [0.25, 0.3) is 0 Å². The quantitative estimate of drug-likeness (QED) is 0.599. The van der Waals surface area contributed by atoms with Crippen LogP contribution in [0.1, 0.15) is 27.7 Å². The molecule has 60 valence electrons. The van der Waals surface area contributed by atoms with Crippen molar-refractivity contribution in [3.8, 4) is 0 Å². The normalized spacial score (nSPS) is 13.7. The van der Waals surface area contributed by atoms with E-state index >= 15 is 0 Å². The highest BCUT2D eigenvalue weighted by Crippen LogP contribution is 1.99. The van der Waals surface area contributed by atoms with E-state index < -0.39 is 0 Å². The summed E-state index contributed by atoms with van der Waals surface area (Å²) < 4.78 is 5.24. The van der Waals surface area contributed by atoms with Gasteiger partial charge in [-0.1, -0.05) is 6.92 Å². The lowest BCUT2D eigenvalue weighted by Crippen LogP contribution is -2.16. The Morgan fingerprint density at radius 3 is 2.20 bits per heavy atom. The fraction of sp³-hybridized carbons (Fsp3) is 0.875. The summed E-state index contributed by atoms with van der Waals surface area (Å²) in [6.45, 7) is 7.95. The molecule has 0 N–H and O–H groups in total. The van der Waals surface area contributed by atoms with Crippen LogP contribution in [-0.4, -0.2) is 18.5 Å². The first-order valence-corrected chi connectivity index (χ1v) is 3.66. The summed E-state index contributed by atoms with van der Waals surface area (Å²) in [5.74, 6) is 0.239. The van der Waals surface area contributed by atoms with E-state index in [1.54, 1.807) is 6.92 Å². The van der Waals surface area contributed by atoms with Crippen molar-refractivity contribution < 1.29 is 9.53 Å². The fourth-order valence-corrected chi connectivity index (χ4v) is 0.454. The smallest absolute Gasteiger partial charge is 0.134 e. The third kappa shape index (κ3) is 4.50. The fourth-order valence-electron chi connectivity index (χ4n) is 0.454. The van der Waals surface area contributed by atoms with Crippen LogP contribution in [0.4, 0.5) is 0 Å². The van der Waals surface area contributed by atoms with Gasteiger partial charge in [0.1, 0.15) is 5.78 Å². The number of rotatable bonds is 4. The van der Waals surface area contributed by atoms with E-state index in [0.717, 1.165) is 0 Å². The first-order chi connectivity index (χ1) is 4.54. The van der Waals surface area contributed by atoms with Crippen molar-refractivity contribution in [2.45, 2.75) is 33.8 Å². The second-order valence-corrected chi connectivity index (χ2v) is 2.89. The summed E-state index contributed by atoms with van der Waals surface area (Å²) in [5, 5.41) is 0. The lowest BCUT2D eigenvalue weighted by Gasteiger charge is -2.10. The Hall–Kier alpha value is -0.370. The second-order valence-electron chi connectivity index (χ2n) is 2.89. The van der Waals surface area contributed by atoms with Gasteiger partial charge in [-0.3, -0.25) is 4.79 Å². The maximum atomic E-state index is 10.7. The van der Waals surface area contributed by atoms with Gasteiger partial charge in [-0.15, -0.1) is 0 Å². The van der Waals surface area contributed by atoms with Crippen LogP contribution in [0.3, 0.4) is 0 Å². The first kappa shape index (κ1) is 9.63. The molecule has 0 heterocycles. The molecule has 0 saturated heterocycles. The molecule has 0 bridgehead atoms. The molecule has 0 aliphatic carbocycles. The minimum absolute atomic E-state index is 0.0439. The molecular weight excluding hydrogens is 128 g/mol. The van der Waals surface area contributed by atoms with Crippen LogP contribution in [0, 0.1) is 5.92 Å². The lowest BCUT2D eigenvalue weighted by atomic mass is 10.1. The number of hydrogen-bond donors (Lipinski definition) is 0. The zero-order valence-corrected chi connectivity index (χ0v) is 7.18. The van der Waals surface area contributed by atoms with Crippen molar-refractivity contribution in [2.24, 2.45) is 5.92 Å². The number of carbonyl (C=O) groups excluding carboxylic acids is 1. The van der Waals surface area contributed by atoms with Gasteiger partial charge in [0, 0.05) is 5.92 Å². The van der Waals surface area contributed by atoms with Gasteiger partial charge in [0.05, 0.1) is 12.7 Å². The second kappa shape index (κ2) is 4.45. The molecule has 0 rings (SSSR count). The van der Waals surface area contributed by atoms with Crippen LogP contribution < -0.4 is 0 Å². The molecule has 0 aliphatic rings. The number of Topliss-reactive ketones (excluding diaryl/α,β-unsaturated/α-hetero) is 1. The highest BCUT2D eigenvalue weighted by Gasteiger charge is 2.07. The average Bonchev–Trinajstić information content (AvgIpc) is 1.82. The minimum atomic E-state index is 0.0439. The van der Waals surface area contributed by atoms with Gasteiger partial charge in [-0.2, -0.15) is 0 Å². The van der Waals surface area contributed by atoms with Gasteiger partial charge < -0.3 is 4.74 Å². The van der Waals surface area contributed by atoms with E-state index in [-0.39, 0.29) is 17.8 Å². The van der Waals surface area contributed by atoms with Crippen molar-refractivity contribution in [1.82, 2.24) is 0 Å². The molecule has 0 aromatic rings. The van der Waals surface area contributed by atoms with Gasteiger partial charge in [0.2, 0.25) is 0 Å². The van der Waals surface area contributed by atoms with E-state index in [9.17, 15) is 4.79 Å². The Bertz CT molecular complexity index is 108. The zero-order chi connectivity index (χ0) is 8.15. The maximum Gasteiger partial charge on any atom is 0.134 e. The molecule has 0 aromatic heterocycles. The molecule has 2 heteroatoms. The predicted molar refractivity (Wildman–Crippen MR) is 40.9 cm³/mol. The summed E-state index contributed by atoms with van der Waals surface area (Å²) in [4.78, 5) is 10.7. The first-order valence-electron chi connectivity index (χ1n) is 3.66. The Balaban J connectivity index is 3.40. The molecular formula is C8H16O2. The molecule has 0 aliphatic heterocycles. The molecule has 0 aromatic carbocycles. The van der Waals surface area contributed by atoms with Crippen LogP contribution in [0.5, 0.6) is 0 Å². The molecule has 0 saturated carbocycles. The predicted octanol–water partition coefficient (Wildman–Crippen LogP) is 1.64. The van der Waals surface area contributed by atoms with Gasteiger partial charge in [0.15, 0.2) is 0 Å². The number of ether oxygens (including phenoxy) is 1. The van der Waals surface area contributed by atoms with Crippen molar-refractivity contribution in [3.05, 3.63) is 0 Å². The number of hydrogen-bond acceptors (Lipinski definition) is 2. The van der Waals surface area contributed by atoms with Gasteiger partial charge in [-0.25, -0.2) is 0 Å². The standard InChI is InChI=1S/C8H16O2/c1-6(2)10-5-7(3)8(4)9/h6-7H,5H2,1-4H3. The molecule has 1 atom stereocenters. The van der Waals surface area contributed by atoms with Crippen molar-refractivity contribution >= 4 is 5.78 Å². The van der Waals surface area contributed by atoms with E-state index in [4.69, 9.17) is 4.74 Å². The van der Waals surface area contributed by atoms with Crippen LogP contribution >= 0.6 is 0 Å². The van der Waals surface area contributed by atoms with Crippen molar-refractivity contribution in [3.63, 3.8) is 0 Å². The third-order valence-electron chi connectivity index (χ3n) is 1.37. The Kier molecular flexibility index (Phi) is 4.28. The summed E-state index contributed by atoms with van der Waals surface area (Å²) in [7, 11) is 0. The zero-order valence-electron chi connectivity index (χ0n) is 7.18. The van der Waals surface area contributed by atoms with E-state index in [0.29, 0.717) is 6.61 Å². The van der Waals surface area contributed by atoms with E-state index in [1.165, 1.54) is 0 Å². The Labute approximate surface area is 62.6 Å². The minimum Gasteiger partial charge on any atom is -0.378 e. The Morgan fingerprint density at radius 1 is 1.40 bits per heavy atom. The average molecular weight is 144 g/mol. The SMILES string of the molecule is CC(=O)C(C)COC(C)C. The van der Waals surface area contributed by atoms with Crippen LogP contribution in [0.15, 0.2) is 0 Å².